The SMILES string of the molecule is CCC(=O)N1c2ccccc2-c2c(=O)[nH]c(SC)n[n+]2[C@H]1c1ccc(-c2cccc([N+](=O)[O-])c2)o1. The fraction of sp³-hybridized carbons (Fsp3) is 0.167. The van der Waals surface area contributed by atoms with E-state index in [0.717, 1.165) is 0 Å². The van der Waals surface area contributed by atoms with Crippen LogP contribution in [0.5, 0.6) is 0 Å². The van der Waals surface area contributed by atoms with Gasteiger partial charge in [-0.15, -0.1) is 0 Å². The third kappa shape index (κ3) is 3.79. The summed E-state index contributed by atoms with van der Waals surface area (Å²) in [6.07, 6.45) is 1.14. The minimum atomic E-state index is -0.868. The Morgan fingerprint density at radius 1 is 1.23 bits per heavy atom. The van der Waals surface area contributed by atoms with Crippen LogP contribution in [0, 0.1) is 10.1 Å². The Morgan fingerprint density at radius 3 is 2.77 bits per heavy atom. The quantitative estimate of drug-likeness (QED) is 0.194. The summed E-state index contributed by atoms with van der Waals surface area (Å²) >= 11 is 1.27. The zero-order valence-corrected chi connectivity index (χ0v) is 19.6. The molecule has 0 bridgehead atoms. The lowest BCUT2D eigenvalue weighted by molar-refractivity contribution is -0.764. The normalized spacial score (nSPS) is 14.3. The van der Waals surface area contributed by atoms with Crippen LogP contribution in [-0.4, -0.2) is 27.2 Å². The maximum Gasteiger partial charge on any atom is 0.325 e. The predicted molar refractivity (Wildman–Crippen MR) is 129 cm³/mol. The van der Waals surface area contributed by atoms with Gasteiger partial charge in [0.05, 0.1) is 16.2 Å². The molecule has 3 heterocycles. The maximum absolute atomic E-state index is 13.2. The van der Waals surface area contributed by atoms with Gasteiger partial charge in [0, 0.05) is 29.2 Å². The lowest BCUT2D eigenvalue weighted by atomic mass is 10.0. The van der Waals surface area contributed by atoms with Crippen LogP contribution in [0.3, 0.4) is 0 Å². The Labute approximate surface area is 203 Å². The lowest BCUT2D eigenvalue weighted by Gasteiger charge is -2.30. The molecule has 35 heavy (non-hydrogen) atoms. The number of anilines is 1. The number of hydrogen-bond donors (Lipinski definition) is 1. The highest BCUT2D eigenvalue weighted by atomic mass is 32.2. The van der Waals surface area contributed by atoms with E-state index in [4.69, 9.17) is 4.42 Å². The van der Waals surface area contributed by atoms with E-state index in [9.17, 15) is 19.7 Å². The van der Waals surface area contributed by atoms with Crippen molar-refractivity contribution < 1.29 is 18.8 Å². The number of hydrogen-bond acceptors (Lipinski definition) is 7. The molecule has 2 aromatic carbocycles. The molecule has 1 aliphatic heterocycles. The number of benzene rings is 2. The molecule has 5 rings (SSSR count). The number of aromatic nitrogens is 3. The van der Waals surface area contributed by atoms with Gasteiger partial charge >= 0.3 is 17.4 Å². The van der Waals surface area contributed by atoms with Crippen LogP contribution in [0.25, 0.3) is 22.6 Å². The first-order valence-electron chi connectivity index (χ1n) is 10.8. The van der Waals surface area contributed by atoms with Crippen LogP contribution in [0.1, 0.15) is 25.3 Å². The minimum absolute atomic E-state index is 0.0626. The summed E-state index contributed by atoms with van der Waals surface area (Å²) in [5.74, 6) is 0.574. The molecule has 10 nitrogen and oxygen atoms in total. The Hall–Kier alpha value is -4.25. The molecule has 1 N–H and O–H groups in total. The molecule has 1 aliphatic rings. The second-order valence-corrected chi connectivity index (χ2v) is 8.57. The molecular weight excluding hydrogens is 470 g/mol. The Balaban J connectivity index is 1.73. The number of amides is 1. The van der Waals surface area contributed by atoms with E-state index in [1.165, 1.54) is 28.6 Å². The summed E-state index contributed by atoms with van der Waals surface area (Å²) in [4.78, 5) is 41.5. The van der Waals surface area contributed by atoms with Crippen molar-refractivity contribution in [3.05, 3.63) is 86.9 Å². The van der Waals surface area contributed by atoms with Crippen molar-refractivity contribution in [2.45, 2.75) is 24.7 Å². The number of nitrogens with zero attached hydrogens (tertiary/aromatic N) is 4. The molecule has 0 saturated heterocycles. The topological polar surface area (TPSA) is 126 Å². The number of nitro groups is 1. The molecule has 2 aromatic heterocycles. The molecule has 0 saturated carbocycles. The Bertz CT molecular complexity index is 1530. The number of carbonyl (C=O) groups is 1. The largest absolute Gasteiger partial charge is 0.452 e. The third-order valence-corrected chi connectivity index (χ3v) is 6.32. The second kappa shape index (κ2) is 8.84. The summed E-state index contributed by atoms with van der Waals surface area (Å²) in [5.41, 5.74) is 1.57. The highest BCUT2D eigenvalue weighted by Crippen LogP contribution is 2.39. The van der Waals surface area contributed by atoms with Gasteiger partial charge in [-0.3, -0.25) is 24.7 Å². The van der Waals surface area contributed by atoms with Crippen molar-refractivity contribution in [2.75, 3.05) is 11.2 Å². The summed E-state index contributed by atoms with van der Waals surface area (Å²) in [5, 5.41) is 16.2. The average molecular weight is 491 g/mol. The number of rotatable bonds is 5. The predicted octanol–water partition coefficient (Wildman–Crippen LogP) is 3.92. The molecule has 0 unspecified atom stereocenters. The first kappa shape index (κ1) is 22.5. The van der Waals surface area contributed by atoms with E-state index in [2.05, 4.69) is 10.1 Å². The minimum Gasteiger partial charge on any atom is -0.452 e. The van der Waals surface area contributed by atoms with Crippen molar-refractivity contribution in [3.63, 3.8) is 0 Å². The highest BCUT2D eigenvalue weighted by Gasteiger charge is 2.47. The fourth-order valence-electron chi connectivity index (χ4n) is 4.18. The number of carbonyl (C=O) groups excluding carboxylic acids is 1. The van der Waals surface area contributed by atoms with Crippen molar-refractivity contribution >= 4 is 29.0 Å². The van der Waals surface area contributed by atoms with Crippen LogP contribution >= 0.6 is 11.8 Å². The van der Waals surface area contributed by atoms with Gasteiger partial charge in [0.25, 0.3) is 5.69 Å². The number of furan rings is 1. The molecule has 176 valence electrons. The van der Waals surface area contributed by atoms with Gasteiger partial charge in [0.15, 0.2) is 5.76 Å². The molecule has 0 spiro atoms. The van der Waals surface area contributed by atoms with Gasteiger partial charge < -0.3 is 4.42 Å². The lowest BCUT2D eigenvalue weighted by Crippen LogP contribution is -2.60. The van der Waals surface area contributed by atoms with Crippen molar-refractivity contribution in [1.29, 1.82) is 0 Å². The molecule has 0 aliphatic carbocycles. The molecule has 1 atom stereocenters. The third-order valence-electron chi connectivity index (χ3n) is 5.75. The Kier molecular flexibility index (Phi) is 5.69. The summed E-state index contributed by atoms with van der Waals surface area (Å²) in [6, 6.07) is 16.6. The van der Waals surface area contributed by atoms with Crippen LogP contribution in [0.4, 0.5) is 11.4 Å². The average Bonchev–Trinajstić information content (AvgIpc) is 3.37. The number of fused-ring (bicyclic) bond motifs is 3. The number of thioether (sulfide) groups is 1. The van der Waals surface area contributed by atoms with Gasteiger partial charge in [-0.2, -0.15) is 0 Å². The van der Waals surface area contributed by atoms with Crippen LogP contribution < -0.4 is 15.1 Å². The highest BCUT2D eigenvalue weighted by molar-refractivity contribution is 7.98. The zero-order chi connectivity index (χ0) is 24.7. The summed E-state index contributed by atoms with van der Waals surface area (Å²) in [6.45, 7) is 1.76. The van der Waals surface area contributed by atoms with E-state index in [0.29, 0.717) is 39.2 Å². The zero-order valence-electron chi connectivity index (χ0n) is 18.8. The van der Waals surface area contributed by atoms with Crippen LogP contribution in [0.2, 0.25) is 0 Å². The van der Waals surface area contributed by atoms with Gasteiger partial charge in [-0.05, 0) is 35.2 Å². The van der Waals surface area contributed by atoms with E-state index >= 15 is 0 Å². The maximum atomic E-state index is 13.2. The molecule has 0 fully saturated rings. The van der Waals surface area contributed by atoms with E-state index in [1.807, 2.05) is 0 Å². The standard InChI is InChI=1S/C24H19N5O5S/c1-3-20(30)27-17-10-5-4-9-16(17)21-22(31)25-24(35-2)26-28(21)23(27)19-12-11-18(34-19)14-7-6-8-15(13-14)29(32)33/h4-13,23H,3H2,1-2H3/p+1/t23-/m0/s1. The first-order valence-corrected chi connectivity index (χ1v) is 12.0. The number of aromatic amines is 1. The Morgan fingerprint density at radius 2 is 2.03 bits per heavy atom. The van der Waals surface area contributed by atoms with Gasteiger partial charge in [-0.1, -0.05) is 43.0 Å². The van der Waals surface area contributed by atoms with E-state index < -0.39 is 11.1 Å². The molecular formula is C24H20N5O5S+. The first-order chi connectivity index (χ1) is 16.9. The van der Waals surface area contributed by atoms with Crippen molar-refractivity contribution in [2.24, 2.45) is 0 Å². The number of nitro benzene ring substituents is 1. The van der Waals surface area contributed by atoms with Crippen molar-refractivity contribution in [3.8, 4) is 22.6 Å². The van der Waals surface area contributed by atoms with Gasteiger partial charge in [0.2, 0.25) is 11.1 Å². The molecule has 4 aromatic rings. The number of H-pyrrole nitrogens is 1. The molecule has 0 radical (unpaired) electrons. The van der Waals surface area contributed by atoms with E-state index in [1.54, 1.807) is 66.6 Å². The fourth-order valence-corrected chi connectivity index (χ4v) is 4.55. The van der Waals surface area contributed by atoms with Crippen LogP contribution in [-0.2, 0) is 4.79 Å². The monoisotopic (exact) mass is 490 g/mol. The van der Waals surface area contributed by atoms with E-state index in [-0.39, 0.29) is 23.6 Å². The number of nitrogens with one attached hydrogen (secondary N) is 1. The smallest absolute Gasteiger partial charge is 0.325 e. The van der Waals surface area contributed by atoms with Gasteiger partial charge in [-0.25, -0.2) is 4.90 Å². The second-order valence-electron chi connectivity index (χ2n) is 7.77. The van der Waals surface area contributed by atoms with Crippen molar-refractivity contribution in [1.82, 2.24) is 10.1 Å². The summed E-state index contributed by atoms with van der Waals surface area (Å²) in [7, 11) is 0. The van der Waals surface area contributed by atoms with Gasteiger partial charge in [0.1, 0.15) is 5.76 Å². The summed E-state index contributed by atoms with van der Waals surface area (Å²) < 4.78 is 7.67. The molecule has 1 amide bonds. The number of non-ortho nitro benzene ring substituents is 1. The molecule has 11 heteroatoms. The number of para-hydroxylation sites is 1. The van der Waals surface area contributed by atoms with Crippen LogP contribution in [0.15, 0.2) is 75.0 Å².